The first-order valence-corrected chi connectivity index (χ1v) is 11.9. The van der Waals surface area contributed by atoms with Crippen LogP contribution in [0.3, 0.4) is 0 Å². The number of benzene rings is 3. The third-order valence-electron chi connectivity index (χ3n) is 6.40. The number of rotatable bonds is 10. The monoisotopic (exact) mass is 453 g/mol. The summed E-state index contributed by atoms with van der Waals surface area (Å²) in [5, 5.41) is 1.17. The van der Waals surface area contributed by atoms with Crippen molar-refractivity contribution in [3.8, 4) is 11.5 Å². The molecule has 5 heteroatoms. The minimum atomic E-state index is 0.518. The number of hydrogen-bond donors (Lipinski definition) is 3. The maximum atomic E-state index is 6.08. The molecule has 0 spiro atoms. The van der Waals surface area contributed by atoms with Crippen LogP contribution < -0.4 is 20.9 Å². The van der Waals surface area contributed by atoms with Gasteiger partial charge in [0.15, 0.2) is 0 Å². The lowest BCUT2D eigenvalue weighted by Gasteiger charge is -2.11. The number of ether oxygens (including phenoxy) is 2. The van der Waals surface area contributed by atoms with Gasteiger partial charge in [-0.2, -0.15) is 0 Å². The van der Waals surface area contributed by atoms with Crippen molar-refractivity contribution >= 4 is 16.5 Å². The third kappa shape index (κ3) is 4.86. The molecule has 0 amide bonds. The van der Waals surface area contributed by atoms with Gasteiger partial charge in [-0.1, -0.05) is 36.4 Å². The van der Waals surface area contributed by atoms with Crippen molar-refractivity contribution < 1.29 is 9.47 Å². The fraction of sp³-hybridized carbons (Fsp3) is 0.241. The molecule has 174 valence electrons. The predicted molar refractivity (Wildman–Crippen MR) is 138 cm³/mol. The fourth-order valence-corrected chi connectivity index (χ4v) is 4.53. The summed E-state index contributed by atoms with van der Waals surface area (Å²) >= 11 is 0. The molecule has 0 bridgehead atoms. The molecule has 0 unspecified atom stereocenters. The number of allylic oxidation sites excluding steroid dienone is 1. The normalized spacial score (nSPS) is 12.6. The number of nitrogens with two attached hydrogens (primary N) is 2. The lowest BCUT2D eigenvalue weighted by Crippen LogP contribution is -2.02. The second-order valence-corrected chi connectivity index (χ2v) is 8.74. The van der Waals surface area contributed by atoms with Gasteiger partial charge >= 0.3 is 0 Å². The lowest BCUT2D eigenvalue weighted by molar-refractivity contribution is 0.303. The van der Waals surface area contributed by atoms with Crippen molar-refractivity contribution in [1.82, 2.24) is 4.98 Å². The Bertz CT molecular complexity index is 1300. The molecule has 1 heterocycles. The zero-order valence-electron chi connectivity index (χ0n) is 19.3. The van der Waals surface area contributed by atoms with Gasteiger partial charge in [-0.15, -0.1) is 0 Å². The number of aromatic amines is 1. The van der Waals surface area contributed by atoms with Gasteiger partial charge in [-0.05, 0) is 96.1 Å². The molecule has 0 aliphatic heterocycles. The summed E-state index contributed by atoms with van der Waals surface area (Å²) in [5.41, 5.74) is 20.0. The standard InChI is InChI=1S/C29H31N3O2/c30-13-11-23-6-5-22-7-8-25(15-27(22)23)33-18-20-1-3-21(4-2-20)19-34-26-9-10-29-28(16-26)24(12-14-31)17-32-29/h1-4,6-10,15-17,32H,5,11-14,18-19,30-31H2. The van der Waals surface area contributed by atoms with Crippen molar-refractivity contribution in [2.45, 2.75) is 32.5 Å². The van der Waals surface area contributed by atoms with E-state index in [1.54, 1.807) is 0 Å². The molecule has 5 N–H and O–H groups in total. The minimum Gasteiger partial charge on any atom is -0.489 e. The molecule has 0 fully saturated rings. The van der Waals surface area contributed by atoms with Gasteiger partial charge in [-0.25, -0.2) is 0 Å². The lowest BCUT2D eigenvalue weighted by atomic mass is 10.0. The van der Waals surface area contributed by atoms with Crippen LogP contribution in [0.1, 0.15) is 34.2 Å². The van der Waals surface area contributed by atoms with E-state index in [0.717, 1.165) is 47.4 Å². The highest BCUT2D eigenvalue weighted by Crippen LogP contribution is 2.32. The van der Waals surface area contributed by atoms with Crippen LogP contribution in [-0.4, -0.2) is 18.1 Å². The first-order valence-electron chi connectivity index (χ1n) is 11.9. The van der Waals surface area contributed by atoms with E-state index in [1.165, 1.54) is 27.6 Å². The Morgan fingerprint density at radius 2 is 1.44 bits per heavy atom. The molecular weight excluding hydrogens is 422 g/mol. The van der Waals surface area contributed by atoms with Gasteiger partial charge in [0, 0.05) is 17.1 Å². The average molecular weight is 454 g/mol. The third-order valence-corrected chi connectivity index (χ3v) is 6.40. The second-order valence-electron chi connectivity index (χ2n) is 8.74. The van der Waals surface area contributed by atoms with Crippen molar-refractivity contribution in [3.05, 3.63) is 101 Å². The SMILES string of the molecule is NCCC1=CCc2ccc(OCc3ccc(COc4ccc5[nH]cc(CCN)c5c4)cc3)cc21. The molecule has 0 saturated carbocycles. The molecule has 3 aromatic carbocycles. The van der Waals surface area contributed by atoms with Gasteiger partial charge in [0.2, 0.25) is 0 Å². The molecule has 34 heavy (non-hydrogen) atoms. The summed E-state index contributed by atoms with van der Waals surface area (Å²) in [5.74, 6) is 1.75. The number of H-pyrrole nitrogens is 1. The smallest absolute Gasteiger partial charge is 0.120 e. The zero-order valence-corrected chi connectivity index (χ0v) is 19.3. The summed E-state index contributed by atoms with van der Waals surface area (Å²) < 4.78 is 12.1. The maximum absolute atomic E-state index is 6.08. The van der Waals surface area contributed by atoms with Crippen LogP contribution in [0.25, 0.3) is 16.5 Å². The number of aromatic nitrogens is 1. The van der Waals surface area contributed by atoms with Gasteiger partial charge in [0.05, 0.1) is 0 Å². The number of nitrogens with one attached hydrogen (secondary N) is 1. The van der Waals surface area contributed by atoms with Crippen LogP contribution in [0.5, 0.6) is 11.5 Å². The van der Waals surface area contributed by atoms with Gasteiger partial charge in [0.1, 0.15) is 24.7 Å². The van der Waals surface area contributed by atoms with E-state index in [9.17, 15) is 0 Å². The zero-order chi connectivity index (χ0) is 23.3. The molecule has 5 rings (SSSR count). The molecule has 1 aliphatic carbocycles. The second kappa shape index (κ2) is 10.2. The van der Waals surface area contributed by atoms with Crippen LogP contribution in [0.15, 0.2) is 72.9 Å². The number of fused-ring (bicyclic) bond motifs is 2. The molecule has 1 aromatic heterocycles. The average Bonchev–Trinajstić information content (AvgIpc) is 3.46. The molecular formula is C29H31N3O2. The van der Waals surface area contributed by atoms with Crippen LogP contribution in [-0.2, 0) is 26.1 Å². The molecule has 5 nitrogen and oxygen atoms in total. The highest BCUT2D eigenvalue weighted by Gasteiger charge is 2.14. The van der Waals surface area contributed by atoms with Crippen LogP contribution in [0.4, 0.5) is 0 Å². The first kappa shape index (κ1) is 22.3. The fourth-order valence-electron chi connectivity index (χ4n) is 4.53. The van der Waals surface area contributed by atoms with Gasteiger partial charge in [-0.3, -0.25) is 0 Å². The van der Waals surface area contributed by atoms with Crippen molar-refractivity contribution in [2.75, 3.05) is 13.1 Å². The Kier molecular flexibility index (Phi) is 6.65. The summed E-state index contributed by atoms with van der Waals surface area (Å²) in [7, 11) is 0. The molecule has 0 saturated heterocycles. The summed E-state index contributed by atoms with van der Waals surface area (Å²) in [6.07, 6.45) is 7.05. The van der Waals surface area contributed by atoms with Gasteiger partial charge in [0.25, 0.3) is 0 Å². The molecule has 0 radical (unpaired) electrons. The van der Waals surface area contributed by atoms with E-state index in [-0.39, 0.29) is 0 Å². The maximum Gasteiger partial charge on any atom is 0.120 e. The topological polar surface area (TPSA) is 86.3 Å². The Balaban J connectivity index is 1.17. The first-order chi connectivity index (χ1) is 16.7. The molecule has 1 aliphatic rings. The summed E-state index contributed by atoms with van der Waals surface area (Å²) in [4.78, 5) is 3.29. The predicted octanol–water partition coefficient (Wildman–Crippen LogP) is 5.12. The van der Waals surface area contributed by atoms with Crippen molar-refractivity contribution in [1.29, 1.82) is 0 Å². The van der Waals surface area contributed by atoms with Crippen LogP contribution in [0.2, 0.25) is 0 Å². The molecule has 0 atom stereocenters. The number of hydrogen-bond acceptors (Lipinski definition) is 4. The highest BCUT2D eigenvalue weighted by atomic mass is 16.5. The molecule has 4 aromatic rings. The van der Waals surface area contributed by atoms with Crippen molar-refractivity contribution in [2.24, 2.45) is 11.5 Å². The van der Waals surface area contributed by atoms with Gasteiger partial charge < -0.3 is 25.9 Å². The highest BCUT2D eigenvalue weighted by molar-refractivity contribution is 5.84. The van der Waals surface area contributed by atoms with E-state index in [4.69, 9.17) is 20.9 Å². The Labute approximate surface area is 200 Å². The van der Waals surface area contributed by atoms with E-state index < -0.39 is 0 Å². The Morgan fingerprint density at radius 3 is 2.15 bits per heavy atom. The van der Waals surface area contributed by atoms with E-state index >= 15 is 0 Å². The minimum absolute atomic E-state index is 0.518. The quantitative estimate of drug-likeness (QED) is 0.311. The largest absolute Gasteiger partial charge is 0.489 e. The van der Waals surface area contributed by atoms with Crippen LogP contribution in [0, 0.1) is 0 Å². The van der Waals surface area contributed by atoms with Crippen molar-refractivity contribution in [3.63, 3.8) is 0 Å². The summed E-state index contributed by atoms with van der Waals surface area (Å²) in [6, 6.07) is 20.9. The van der Waals surface area contributed by atoms with E-state index in [2.05, 4.69) is 65.7 Å². The van der Waals surface area contributed by atoms with Crippen LogP contribution >= 0.6 is 0 Å². The Hall–Kier alpha value is -3.54. The van der Waals surface area contributed by atoms with E-state index in [1.807, 2.05) is 12.3 Å². The van der Waals surface area contributed by atoms with E-state index in [0.29, 0.717) is 26.3 Å². The Morgan fingerprint density at radius 1 is 0.765 bits per heavy atom. The summed E-state index contributed by atoms with van der Waals surface area (Å²) in [6.45, 7) is 2.35.